The Morgan fingerprint density at radius 2 is 2.03 bits per heavy atom. The largest absolute Gasteiger partial charge is 0.386 e. The molecule has 1 aromatic carbocycles. The number of hydrogen-bond acceptors (Lipinski definition) is 7. The van der Waals surface area contributed by atoms with Gasteiger partial charge in [0.25, 0.3) is 0 Å². The summed E-state index contributed by atoms with van der Waals surface area (Å²) in [5.74, 6) is 1.39. The van der Waals surface area contributed by atoms with Crippen LogP contribution in [0.3, 0.4) is 0 Å². The first-order valence-corrected chi connectivity index (χ1v) is 9.96. The molecular formula is C22H21ClN6O. The van der Waals surface area contributed by atoms with Gasteiger partial charge in [0, 0.05) is 29.6 Å². The quantitative estimate of drug-likeness (QED) is 0.659. The van der Waals surface area contributed by atoms with Crippen molar-refractivity contribution in [3.05, 3.63) is 70.3 Å². The van der Waals surface area contributed by atoms with Crippen molar-refractivity contribution in [2.75, 3.05) is 16.8 Å². The van der Waals surface area contributed by atoms with Crippen molar-refractivity contribution in [3.8, 4) is 6.07 Å². The lowest BCUT2D eigenvalue weighted by Gasteiger charge is -2.30. The Bertz CT molecular complexity index is 1120. The maximum atomic E-state index is 10.1. The summed E-state index contributed by atoms with van der Waals surface area (Å²) >= 11 is 6.20. The number of nitrogens with one attached hydrogen (secondary N) is 1. The van der Waals surface area contributed by atoms with Crippen LogP contribution in [0, 0.1) is 11.3 Å². The zero-order chi connectivity index (χ0) is 21.3. The van der Waals surface area contributed by atoms with Gasteiger partial charge in [0.15, 0.2) is 0 Å². The lowest BCUT2D eigenvalue weighted by molar-refractivity contribution is 0.0782. The van der Waals surface area contributed by atoms with Crippen molar-refractivity contribution < 1.29 is 5.11 Å². The molecule has 0 fully saturated rings. The van der Waals surface area contributed by atoms with Crippen LogP contribution in [0.25, 0.3) is 0 Å². The number of anilines is 3. The number of pyridine rings is 1. The van der Waals surface area contributed by atoms with E-state index in [-0.39, 0.29) is 0 Å². The number of nitrogens with zero attached hydrogens (tertiary/aromatic N) is 5. The summed E-state index contributed by atoms with van der Waals surface area (Å²) in [5, 5.41) is 22.9. The normalized spacial score (nSPS) is 13.5. The van der Waals surface area contributed by atoms with Gasteiger partial charge in [-0.15, -0.1) is 0 Å². The van der Waals surface area contributed by atoms with E-state index in [0.29, 0.717) is 22.9 Å². The van der Waals surface area contributed by atoms with E-state index < -0.39 is 5.60 Å². The first kappa shape index (κ1) is 20.1. The van der Waals surface area contributed by atoms with E-state index in [9.17, 15) is 5.11 Å². The van der Waals surface area contributed by atoms with Crippen molar-refractivity contribution >= 4 is 28.9 Å². The van der Waals surface area contributed by atoms with Crippen molar-refractivity contribution in [2.45, 2.75) is 32.4 Å². The van der Waals surface area contributed by atoms with Gasteiger partial charge >= 0.3 is 0 Å². The van der Waals surface area contributed by atoms with Gasteiger partial charge in [-0.1, -0.05) is 17.7 Å². The summed E-state index contributed by atoms with van der Waals surface area (Å²) in [5.41, 5.74) is 3.23. The van der Waals surface area contributed by atoms with E-state index in [1.54, 1.807) is 32.4 Å². The first-order valence-electron chi connectivity index (χ1n) is 9.58. The number of hydrogen-bond donors (Lipinski definition) is 2. The topological polar surface area (TPSA) is 98.0 Å². The average Bonchev–Trinajstić information content (AvgIpc) is 2.73. The Hall–Kier alpha value is -3.21. The number of nitriles is 1. The van der Waals surface area contributed by atoms with Gasteiger partial charge in [-0.2, -0.15) is 5.26 Å². The fourth-order valence-electron chi connectivity index (χ4n) is 3.42. The molecule has 0 aliphatic carbocycles. The van der Waals surface area contributed by atoms with E-state index in [0.717, 1.165) is 41.3 Å². The minimum absolute atomic E-state index is 0.450. The number of aromatic nitrogens is 3. The van der Waals surface area contributed by atoms with Gasteiger partial charge in [-0.05, 0) is 44.5 Å². The Morgan fingerprint density at radius 1 is 1.20 bits per heavy atom. The second-order valence-corrected chi connectivity index (χ2v) is 8.12. The maximum Gasteiger partial charge on any atom is 0.138 e. The molecule has 2 N–H and O–H groups in total. The van der Waals surface area contributed by atoms with Crippen LogP contribution in [0.1, 0.15) is 36.2 Å². The molecule has 0 amide bonds. The molecule has 30 heavy (non-hydrogen) atoms. The minimum Gasteiger partial charge on any atom is -0.386 e. The third-order valence-corrected chi connectivity index (χ3v) is 5.47. The maximum absolute atomic E-state index is 10.1. The molecule has 1 aliphatic rings. The van der Waals surface area contributed by atoms with Gasteiger partial charge in [0.2, 0.25) is 0 Å². The van der Waals surface area contributed by atoms with Crippen molar-refractivity contribution in [1.29, 1.82) is 5.26 Å². The summed E-state index contributed by atoms with van der Waals surface area (Å²) in [7, 11) is 0. The van der Waals surface area contributed by atoms with Crippen LogP contribution >= 0.6 is 11.6 Å². The third-order valence-electron chi connectivity index (χ3n) is 5.16. The lowest BCUT2D eigenvalue weighted by atomic mass is 10.0. The molecule has 4 rings (SSSR count). The number of benzene rings is 1. The predicted molar refractivity (Wildman–Crippen MR) is 116 cm³/mol. The first-order chi connectivity index (χ1) is 14.3. The van der Waals surface area contributed by atoms with E-state index in [1.165, 1.54) is 0 Å². The Labute approximate surface area is 180 Å². The van der Waals surface area contributed by atoms with E-state index >= 15 is 0 Å². The highest BCUT2D eigenvalue weighted by Gasteiger charge is 2.22. The predicted octanol–water partition coefficient (Wildman–Crippen LogP) is 3.93. The SMILES string of the molecule is CC(C)(O)c1ccc(Nc2ncnc3c2CCN(c2ccc(C#N)c(Cl)c2)C3)nc1. The molecule has 0 radical (unpaired) electrons. The van der Waals surface area contributed by atoms with Gasteiger partial charge < -0.3 is 15.3 Å². The van der Waals surface area contributed by atoms with Crippen molar-refractivity contribution in [1.82, 2.24) is 15.0 Å². The van der Waals surface area contributed by atoms with Crippen LogP contribution in [0.4, 0.5) is 17.3 Å². The van der Waals surface area contributed by atoms with Gasteiger partial charge in [-0.3, -0.25) is 0 Å². The van der Waals surface area contributed by atoms with Crippen molar-refractivity contribution in [3.63, 3.8) is 0 Å². The molecule has 0 unspecified atom stereocenters. The third kappa shape index (κ3) is 4.06. The zero-order valence-corrected chi connectivity index (χ0v) is 17.5. The highest BCUT2D eigenvalue weighted by molar-refractivity contribution is 6.32. The summed E-state index contributed by atoms with van der Waals surface area (Å²) in [4.78, 5) is 15.5. The van der Waals surface area contributed by atoms with Crippen molar-refractivity contribution in [2.24, 2.45) is 0 Å². The van der Waals surface area contributed by atoms with E-state index in [4.69, 9.17) is 16.9 Å². The molecule has 2 aromatic heterocycles. The van der Waals surface area contributed by atoms with E-state index in [1.807, 2.05) is 24.3 Å². The number of aliphatic hydroxyl groups is 1. The van der Waals surface area contributed by atoms with E-state index in [2.05, 4.69) is 31.2 Å². The summed E-state index contributed by atoms with van der Waals surface area (Å²) in [6, 6.07) is 11.2. The smallest absolute Gasteiger partial charge is 0.138 e. The zero-order valence-electron chi connectivity index (χ0n) is 16.7. The summed E-state index contributed by atoms with van der Waals surface area (Å²) in [6.45, 7) is 4.86. The van der Waals surface area contributed by atoms with Crippen LogP contribution in [0.15, 0.2) is 42.9 Å². The van der Waals surface area contributed by atoms with Crippen LogP contribution in [0.2, 0.25) is 5.02 Å². The molecule has 0 saturated carbocycles. The highest BCUT2D eigenvalue weighted by Crippen LogP contribution is 2.30. The number of rotatable bonds is 4. The van der Waals surface area contributed by atoms with Crippen LogP contribution < -0.4 is 10.2 Å². The molecule has 0 spiro atoms. The fourth-order valence-corrected chi connectivity index (χ4v) is 3.64. The monoisotopic (exact) mass is 420 g/mol. The molecule has 1 aliphatic heterocycles. The van der Waals surface area contributed by atoms with Crippen LogP contribution in [-0.4, -0.2) is 26.6 Å². The second kappa shape index (κ2) is 7.90. The molecule has 8 heteroatoms. The Morgan fingerprint density at radius 3 is 2.70 bits per heavy atom. The lowest BCUT2D eigenvalue weighted by Crippen LogP contribution is -2.31. The van der Waals surface area contributed by atoms with Crippen LogP contribution in [-0.2, 0) is 18.6 Å². The molecule has 0 atom stereocenters. The molecule has 3 aromatic rings. The van der Waals surface area contributed by atoms with Gasteiger partial charge in [-0.25, -0.2) is 15.0 Å². The minimum atomic E-state index is -0.933. The second-order valence-electron chi connectivity index (χ2n) is 7.71. The Balaban J connectivity index is 1.54. The Kier molecular flexibility index (Phi) is 5.29. The molecule has 152 valence electrons. The highest BCUT2D eigenvalue weighted by atomic mass is 35.5. The van der Waals surface area contributed by atoms with Gasteiger partial charge in [0.1, 0.15) is 24.0 Å². The fraction of sp³-hybridized carbons (Fsp3) is 0.273. The molecule has 0 bridgehead atoms. The summed E-state index contributed by atoms with van der Waals surface area (Å²) in [6.07, 6.45) is 3.96. The average molecular weight is 421 g/mol. The number of fused-ring (bicyclic) bond motifs is 1. The number of halogens is 1. The standard InChI is InChI=1S/C22H21ClN6O/c1-22(2,30)15-4-6-20(25-11-15)28-21-17-7-8-29(12-19(17)26-13-27-21)16-5-3-14(10-24)18(23)9-16/h3-6,9,11,13,30H,7-8,12H2,1-2H3,(H,25,26,27,28). The van der Waals surface area contributed by atoms with Crippen LogP contribution in [0.5, 0.6) is 0 Å². The summed E-state index contributed by atoms with van der Waals surface area (Å²) < 4.78 is 0. The molecule has 7 nitrogen and oxygen atoms in total. The van der Waals surface area contributed by atoms with Gasteiger partial charge in [0.05, 0.1) is 28.4 Å². The molecule has 3 heterocycles. The molecular weight excluding hydrogens is 400 g/mol. The molecule has 0 saturated heterocycles.